The summed E-state index contributed by atoms with van der Waals surface area (Å²) in [5, 5.41) is 16.9. The molecule has 0 unspecified atom stereocenters. The van der Waals surface area contributed by atoms with Gasteiger partial charge in [0.2, 0.25) is 0 Å². The average Bonchev–Trinajstić information content (AvgIpc) is 3.37. The molecule has 1 N–H and O–H groups in total. The van der Waals surface area contributed by atoms with Gasteiger partial charge in [0.05, 0.1) is 13.8 Å². The number of rotatable bonds is 9. The zero-order valence-electron chi connectivity index (χ0n) is 33.4. The van der Waals surface area contributed by atoms with Crippen molar-refractivity contribution in [1.29, 1.82) is 0 Å². The zero-order valence-corrected chi connectivity index (χ0v) is 37.6. The number of fused-ring (bicyclic) bond motifs is 4. The average molecular weight is 899 g/mol. The van der Waals surface area contributed by atoms with Crippen molar-refractivity contribution in [3.63, 3.8) is 0 Å². The third kappa shape index (κ3) is 9.87. The second-order valence-corrected chi connectivity index (χ2v) is 23.6. The van der Waals surface area contributed by atoms with Gasteiger partial charge in [0.25, 0.3) is 0 Å². The quantitative estimate of drug-likeness (QED) is 0.0694. The summed E-state index contributed by atoms with van der Waals surface area (Å²) in [6.07, 6.45) is 3.44. The van der Waals surface area contributed by atoms with Crippen molar-refractivity contribution >= 4 is 61.3 Å². The Labute approximate surface area is 326 Å². The summed E-state index contributed by atoms with van der Waals surface area (Å²) < 4.78 is 2.62. The zero-order chi connectivity index (χ0) is 37.3. The van der Waals surface area contributed by atoms with Crippen LogP contribution in [0, 0.1) is 41.6 Å². The van der Waals surface area contributed by atoms with E-state index in [2.05, 4.69) is 156 Å². The number of aliphatic hydroxyl groups is 1. The number of nitrogens with zero attached hydrogens (tertiary/aromatic N) is 1. The molecule has 0 aliphatic heterocycles. The molecule has 2 heterocycles. The Bertz CT molecular complexity index is 1980. The number of carbonyl (C=O) groups is 1. The Morgan fingerprint density at radius 3 is 1.94 bits per heavy atom. The van der Waals surface area contributed by atoms with Crippen LogP contribution in [-0.2, 0) is 30.3 Å². The van der Waals surface area contributed by atoms with E-state index in [1.807, 2.05) is 17.5 Å². The number of benzene rings is 3. The number of aromatic nitrogens is 1. The first-order chi connectivity index (χ1) is 23.2. The summed E-state index contributed by atoms with van der Waals surface area (Å²) in [6.45, 7) is 30.7. The molecule has 5 rings (SSSR count). The Morgan fingerprint density at radius 2 is 1.39 bits per heavy atom. The van der Waals surface area contributed by atoms with Crippen LogP contribution in [0.3, 0.4) is 0 Å². The molecule has 2 aromatic heterocycles. The van der Waals surface area contributed by atoms with Gasteiger partial charge in [-0.15, -0.1) is 40.5 Å². The number of hydrogen-bond donors (Lipinski definition) is 1. The Hall–Kier alpha value is -2.63. The van der Waals surface area contributed by atoms with Crippen molar-refractivity contribution in [1.82, 2.24) is 4.98 Å². The van der Waals surface area contributed by atoms with E-state index in [4.69, 9.17) is 4.98 Å². The van der Waals surface area contributed by atoms with Gasteiger partial charge in [-0.1, -0.05) is 142 Å². The number of ketones is 1. The maximum atomic E-state index is 12.3. The van der Waals surface area contributed by atoms with E-state index >= 15 is 0 Å². The van der Waals surface area contributed by atoms with Crippen LogP contribution >= 0.6 is 11.3 Å². The summed E-state index contributed by atoms with van der Waals surface area (Å²) in [7, 11) is -1.35. The Morgan fingerprint density at radius 1 is 0.804 bits per heavy atom. The van der Waals surface area contributed by atoms with Crippen molar-refractivity contribution in [3.05, 3.63) is 84.3 Å². The molecule has 5 aromatic rings. The summed E-state index contributed by atoms with van der Waals surface area (Å²) in [5.74, 6) is 1.63. The minimum atomic E-state index is -1.35. The van der Waals surface area contributed by atoms with Crippen molar-refractivity contribution in [2.24, 2.45) is 35.5 Å². The number of aliphatic hydroxyl groups excluding tert-OH is 1. The van der Waals surface area contributed by atoms with Gasteiger partial charge in [0, 0.05) is 59.3 Å². The second kappa shape index (κ2) is 17.0. The van der Waals surface area contributed by atoms with E-state index in [1.54, 1.807) is 0 Å². The van der Waals surface area contributed by atoms with Crippen LogP contribution in [0.25, 0.3) is 42.2 Å². The van der Waals surface area contributed by atoms with Gasteiger partial charge in [-0.05, 0) is 52.0 Å². The predicted molar refractivity (Wildman–Crippen MR) is 223 cm³/mol. The van der Waals surface area contributed by atoms with E-state index in [9.17, 15) is 9.90 Å². The summed E-state index contributed by atoms with van der Waals surface area (Å²) >= 11 is 1.87. The van der Waals surface area contributed by atoms with Crippen LogP contribution in [0.4, 0.5) is 0 Å². The van der Waals surface area contributed by atoms with E-state index < -0.39 is 8.07 Å². The van der Waals surface area contributed by atoms with E-state index in [-0.39, 0.29) is 48.9 Å². The molecule has 6 heteroatoms. The van der Waals surface area contributed by atoms with Crippen molar-refractivity contribution < 1.29 is 30.0 Å². The third-order valence-corrected chi connectivity index (χ3v) is 13.1. The molecule has 3 aromatic carbocycles. The minimum Gasteiger partial charge on any atom is -0.512 e. The molecular weight excluding hydrogens is 839 g/mol. The van der Waals surface area contributed by atoms with Gasteiger partial charge < -0.3 is 5.11 Å². The van der Waals surface area contributed by atoms with Gasteiger partial charge in [-0.2, -0.15) is 0 Å². The molecule has 0 fully saturated rings. The molecule has 277 valence electrons. The first-order valence-corrected chi connectivity index (χ1v) is 22.8. The molecule has 3 nitrogen and oxygen atoms in total. The molecule has 0 aliphatic carbocycles. The SMILES string of the molecule is CC(C)(C)c1cc(-c2nccc3c2sc2cc([Si](C)(C)C)ccc23)[c-]c2ccccc12.CC(C)C(C(=O)/C=C(\O)C(C(C)C)C(C)C)C(C)C.[Ir]. The van der Waals surface area contributed by atoms with Crippen LogP contribution in [0.15, 0.2) is 72.6 Å². The standard InChI is InChI=1S/C28H28NSSi.C17H32O2.Ir/c1-28(2,3)24-16-19(15-18-9-7-8-10-21(18)24)26-27-23(13-14-29-26)22-12-11-20(31(4,5)6)17-25(22)30-27;1-10(2)16(11(3)4)14(18)9-15(19)17(12(5)6)13(7)8;/h7-14,16-17H,1-6H3;9-13,16-18H,1-8H3;/q-1;;/b;14-9-;. The van der Waals surface area contributed by atoms with E-state index in [1.165, 1.54) is 42.4 Å². The van der Waals surface area contributed by atoms with Crippen LogP contribution in [0.5, 0.6) is 0 Å². The number of thiophene rings is 1. The monoisotopic (exact) mass is 899 g/mol. The largest absolute Gasteiger partial charge is 0.512 e. The fraction of sp³-hybridized carbons (Fsp3) is 0.467. The predicted octanol–water partition coefficient (Wildman–Crippen LogP) is 12.8. The second-order valence-electron chi connectivity index (χ2n) is 17.5. The van der Waals surface area contributed by atoms with Crippen LogP contribution in [0.2, 0.25) is 19.6 Å². The Balaban J connectivity index is 0.000000306. The number of hydrogen-bond acceptors (Lipinski definition) is 4. The van der Waals surface area contributed by atoms with Crippen molar-refractivity contribution in [3.8, 4) is 11.3 Å². The van der Waals surface area contributed by atoms with Crippen LogP contribution in [-0.4, -0.2) is 23.9 Å². The van der Waals surface area contributed by atoms with Gasteiger partial charge in [-0.25, -0.2) is 0 Å². The molecule has 0 bridgehead atoms. The molecule has 0 spiro atoms. The third-order valence-electron chi connectivity index (χ3n) is 9.93. The van der Waals surface area contributed by atoms with Gasteiger partial charge in [-0.3, -0.25) is 9.78 Å². The van der Waals surface area contributed by atoms with Crippen LogP contribution in [0.1, 0.15) is 81.7 Å². The number of pyridine rings is 1. The van der Waals surface area contributed by atoms with Crippen molar-refractivity contribution in [2.75, 3.05) is 0 Å². The summed E-state index contributed by atoms with van der Waals surface area (Å²) in [4.78, 5) is 17.2. The summed E-state index contributed by atoms with van der Waals surface area (Å²) in [5.41, 5.74) is 3.53. The maximum Gasteiger partial charge on any atom is 0.162 e. The van der Waals surface area contributed by atoms with Gasteiger partial charge >= 0.3 is 0 Å². The van der Waals surface area contributed by atoms with E-state index in [0.29, 0.717) is 23.7 Å². The fourth-order valence-electron chi connectivity index (χ4n) is 7.56. The molecule has 0 saturated heterocycles. The first-order valence-electron chi connectivity index (χ1n) is 18.4. The Kier molecular flexibility index (Phi) is 14.3. The molecule has 0 atom stereocenters. The van der Waals surface area contributed by atoms with Gasteiger partial charge in [0.1, 0.15) is 0 Å². The van der Waals surface area contributed by atoms with Gasteiger partial charge in [0.15, 0.2) is 5.78 Å². The van der Waals surface area contributed by atoms with Crippen LogP contribution < -0.4 is 5.19 Å². The fourth-order valence-corrected chi connectivity index (χ4v) is 10.1. The topological polar surface area (TPSA) is 50.2 Å². The number of allylic oxidation sites excluding steroid dienone is 2. The molecule has 0 aliphatic rings. The molecule has 0 amide bonds. The molecular formula is C45H60IrNO2SSi-. The maximum absolute atomic E-state index is 12.3. The summed E-state index contributed by atoms with van der Waals surface area (Å²) in [6, 6.07) is 23.8. The smallest absolute Gasteiger partial charge is 0.162 e. The minimum absolute atomic E-state index is 0. The van der Waals surface area contributed by atoms with Crippen molar-refractivity contribution in [2.45, 2.75) is 101 Å². The first kappa shape index (κ1) is 42.8. The molecule has 0 saturated carbocycles. The molecule has 1 radical (unpaired) electrons. The molecule has 51 heavy (non-hydrogen) atoms. The number of carbonyl (C=O) groups excluding carboxylic acids is 1. The normalized spacial score (nSPS) is 12.9. The van der Waals surface area contributed by atoms with E-state index in [0.717, 1.165) is 16.6 Å².